The molecule has 0 aromatic carbocycles. The summed E-state index contributed by atoms with van der Waals surface area (Å²) in [6, 6.07) is -0.607. The molecule has 0 radical (unpaired) electrons. The van der Waals surface area contributed by atoms with Crippen molar-refractivity contribution in [2.24, 2.45) is 0 Å². The number of carbonyl (C=O) groups is 3. The number of likely N-dealkylation sites (N-methyl/N-ethyl adjacent to an activating group) is 1. The van der Waals surface area contributed by atoms with Gasteiger partial charge in [-0.2, -0.15) is 0 Å². The van der Waals surface area contributed by atoms with Crippen LogP contribution in [0.25, 0.3) is 0 Å². The van der Waals surface area contributed by atoms with Crippen molar-refractivity contribution in [3.05, 3.63) is 0 Å². The first-order valence-electron chi connectivity index (χ1n) is 23.1. The highest BCUT2D eigenvalue weighted by Crippen LogP contribution is 2.17. The quantitative estimate of drug-likeness (QED) is 0.0375. The van der Waals surface area contributed by atoms with E-state index >= 15 is 0 Å². The second kappa shape index (κ2) is 38.2. The van der Waals surface area contributed by atoms with Gasteiger partial charge in [-0.05, 0) is 12.8 Å². The maximum absolute atomic E-state index is 12.7. The summed E-state index contributed by atoms with van der Waals surface area (Å²) in [6.07, 6.45) is 38.9. The molecular weight excluding hydrogens is 679 g/mol. The lowest BCUT2D eigenvalue weighted by Crippen LogP contribution is -2.50. The van der Waals surface area contributed by atoms with Crippen molar-refractivity contribution in [2.75, 3.05) is 41.0 Å². The first-order chi connectivity index (χ1) is 26.1. The van der Waals surface area contributed by atoms with Gasteiger partial charge in [0.1, 0.15) is 6.61 Å². The minimum Gasteiger partial charge on any atom is -0.477 e. The molecule has 54 heavy (non-hydrogen) atoms. The molecule has 0 rings (SSSR count). The smallest absolute Gasteiger partial charge is 0.362 e. The van der Waals surface area contributed by atoms with Gasteiger partial charge in [0.15, 0.2) is 12.1 Å². The van der Waals surface area contributed by atoms with Crippen LogP contribution >= 0.6 is 0 Å². The van der Waals surface area contributed by atoms with Crippen LogP contribution in [0.1, 0.15) is 226 Å². The molecule has 0 saturated carbocycles. The Bertz CT molecular complexity index is 858. The average molecular weight is 769 g/mol. The Labute approximate surface area is 334 Å². The van der Waals surface area contributed by atoms with Gasteiger partial charge in [-0.3, -0.25) is 9.59 Å². The third-order valence-corrected chi connectivity index (χ3v) is 10.8. The zero-order valence-electron chi connectivity index (χ0n) is 36.5. The summed E-state index contributed by atoms with van der Waals surface area (Å²) >= 11 is 0. The molecule has 0 spiro atoms. The predicted molar refractivity (Wildman–Crippen MR) is 225 cm³/mol. The van der Waals surface area contributed by atoms with Gasteiger partial charge < -0.3 is 23.8 Å². The summed E-state index contributed by atoms with van der Waals surface area (Å²) in [5, 5.41) is 9.59. The molecule has 0 aliphatic rings. The number of carboxylic acid groups (broad SMARTS) is 1. The summed E-state index contributed by atoms with van der Waals surface area (Å²) in [7, 11) is 5.53. The predicted octanol–water partition coefficient (Wildman–Crippen LogP) is 12.5. The highest BCUT2D eigenvalue weighted by Gasteiger charge is 2.31. The van der Waals surface area contributed by atoms with E-state index in [0.29, 0.717) is 19.3 Å². The van der Waals surface area contributed by atoms with Crippen molar-refractivity contribution >= 4 is 17.9 Å². The summed E-state index contributed by atoms with van der Waals surface area (Å²) in [5.74, 6) is -1.45. The number of carbonyl (C=O) groups excluding carboxylic acids is 2. The summed E-state index contributed by atoms with van der Waals surface area (Å²) in [5.41, 5.74) is 0. The van der Waals surface area contributed by atoms with E-state index in [1.807, 2.05) is 21.1 Å². The van der Waals surface area contributed by atoms with Gasteiger partial charge in [-0.1, -0.05) is 194 Å². The number of unbranched alkanes of at least 4 members (excludes halogenated alkanes) is 28. The summed E-state index contributed by atoms with van der Waals surface area (Å²) < 4.78 is 17.2. The topological polar surface area (TPSA) is 99.1 Å². The van der Waals surface area contributed by atoms with Crippen LogP contribution in [0.4, 0.5) is 0 Å². The lowest BCUT2D eigenvalue weighted by molar-refractivity contribution is -0.887. The van der Waals surface area contributed by atoms with E-state index in [2.05, 4.69) is 13.8 Å². The average Bonchev–Trinajstić information content (AvgIpc) is 3.12. The minimum absolute atomic E-state index is 0.0435. The van der Waals surface area contributed by atoms with Crippen molar-refractivity contribution in [3.63, 3.8) is 0 Å². The van der Waals surface area contributed by atoms with Gasteiger partial charge in [0.05, 0.1) is 34.4 Å². The van der Waals surface area contributed by atoms with E-state index in [-0.39, 0.29) is 36.2 Å². The number of hydrogen-bond acceptors (Lipinski definition) is 6. The molecule has 0 aliphatic heterocycles. The van der Waals surface area contributed by atoms with Crippen molar-refractivity contribution < 1.29 is 38.2 Å². The molecule has 0 saturated heterocycles. The van der Waals surface area contributed by atoms with Gasteiger partial charge in [0, 0.05) is 19.3 Å². The van der Waals surface area contributed by atoms with E-state index in [1.165, 1.54) is 154 Å². The molecule has 0 aromatic rings. The Hall–Kier alpha value is -1.67. The zero-order chi connectivity index (χ0) is 40.0. The van der Waals surface area contributed by atoms with Gasteiger partial charge in [0.2, 0.25) is 0 Å². The lowest BCUT2D eigenvalue weighted by atomic mass is 10.0. The summed E-state index contributed by atoms with van der Waals surface area (Å²) in [6.45, 7) is 4.73. The minimum atomic E-state index is -0.872. The zero-order valence-corrected chi connectivity index (χ0v) is 36.5. The standard InChI is InChI=1S/C46H89NO7/c1-6-8-10-12-14-15-16-17-18-19-20-21-22-23-24-25-26-27-28-29-31-33-35-37-45(49)54-42(40-52-39-38-43(46(50)51)47(3,4)5)41-53-44(48)36-34-32-30-13-11-9-7-2/h42-43H,6-41H2,1-5H3/p+1. The van der Waals surface area contributed by atoms with E-state index in [9.17, 15) is 19.5 Å². The molecule has 2 unspecified atom stereocenters. The van der Waals surface area contributed by atoms with Gasteiger partial charge >= 0.3 is 17.9 Å². The maximum atomic E-state index is 12.7. The van der Waals surface area contributed by atoms with Crippen LogP contribution in [0.15, 0.2) is 0 Å². The molecule has 8 heteroatoms. The third-order valence-electron chi connectivity index (χ3n) is 10.8. The number of nitrogens with zero attached hydrogens (tertiary/aromatic N) is 1. The highest BCUT2D eigenvalue weighted by atomic mass is 16.6. The maximum Gasteiger partial charge on any atom is 0.362 e. The van der Waals surface area contributed by atoms with E-state index in [1.54, 1.807) is 0 Å². The number of esters is 2. The van der Waals surface area contributed by atoms with E-state index < -0.39 is 18.1 Å². The van der Waals surface area contributed by atoms with Crippen molar-refractivity contribution in [3.8, 4) is 0 Å². The number of aliphatic carboxylic acids is 1. The molecule has 0 aliphatic carbocycles. The van der Waals surface area contributed by atoms with Crippen LogP contribution in [-0.2, 0) is 28.6 Å². The van der Waals surface area contributed by atoms with Crippen LogP contribution in [0, 0.1) is 0 Å². The normalized spacial score (nSPS) is 12.8. The van der Waals surface area contributed by atoms with Gasteiger partial charge in [-0.25, -0.2) is 4.79 Å². The highest BCUT2D eigenvalue weighted by molar-refractivity contribution is 5.72. The summed E-state index contributed by atoms with van der Waals surface area (Å²) in [4.78, 5) is 36.8. The Morgan fingerprint density at radius 1 is 0.481 bits per heavy atom. The number of carboxylic acids is 1. The fourth-order valence-electron chi connectivity index (χ4n) is 7.15. The number of rotatable bonds is 42. The third kappa shape index (κ3) is 36.0. The second-order valence-electron chi connectivity index (χ2n) is 17.0. The van der Waals surface area contributed by atoms with E-state index in [0.717, 1.165) is 38.5 Å². The number of hydrogen-bond donors (Lipinski definition) is 1. The largest absolute Gasteiger partial charge is 0.477 e. The van der Waals surface area contributed by atoms with Crippen LogP contribution in [0.5, 0.6) is 0 Å². The molecule has 320 valence electrons. The molecule has 0 fully saturated rings. The van der Waals surface area contributed by atoms with Crippen molar-refractivity contribution in [1.29, 1.82) is 0 Å². The fraction of sp³-hybridized carbons (Fsp3) is 0.935. The van der Waals surface area contributed by atoms with Crippen molar-refractivity contribution in [1.82, 2.24) is 0 Å². The van der Waals surface area contributed by atoms with Gasteiger partial charge in [-0.15, -0.1) is 0 Å². The monoisotopic (exact) mass is 769 g/mol. The Balaban J connectivity index is 4.06. The Morgan fingerprint density at radius 2 is 0.815 bits per heavy atom. The molecule has 1 N–H and O–H groups in total. The molecular formula is C46H90NO7+. The molecule has 0 aromatic heterocycles. The molecule has 0 bridgehead atoms. The van der Waals surface area contributed by atoms with Gasteiger partial charge in [0.25, 0.3) is 0 Å². The molecule has 0 amide bonds. The number of ether oxygens (including phenoxy) is 3. The molecule has 8 nitrogen and oxygen atoms in total. The fourth-order valence-corrected chi connectivity index (χ4v) is 7.15. The Morgan fingerprint density at radius 3 is 1.15 bits per heavy atom. The number of quaternary nitrogens is 1. The molecule has 0 heterocycles. The second-order valence-corrected chi connectivity index (χ2v) is 17.0. The molecule has 2 atom stereocenters. The SMILES string of the molecule is CCCCCCCCCCCCCCCCCCCCCCCCCC(=O)OC(COCCC(C(=O)O)[N+](C)(C)C)COC(=O)CCCCCCCCC. The van der Waals surface area contributed by atoms with Crippen LogP contribution in [0.2, 0.25) is 0 Å². The van der Waals surface area contributed by atoms with Crippen LogP contribution in [-0.4, -0.2) is 80.6 Å². The Kier molecular flexibility index (Phi) is 37.0. The first kappa shape index (κ1) is 52.3. The van der Waals surface area contributed by atoms with Crippen LogP contribution in [0.3, 0.4) is 0 Å². The first-order valence-corrected chi connectivity index (χ1v) is 23.1. The van der Waals surface area contributed by atoms with Crippen molar-refractivity contribution in [2.45, 2.75) is 238 Å². The van der Waals surface area contributed by atoms with E-state index in [4.69, 9.17) is 14.2 Å². The van der Waals surface area contributed by atoms with Crippen LogP contribution < -0.4 is 0 Å². The lowest BCUT2D eigenvalue weighted by Gasteiger charge is -2.31.